The molecule has 0 atom stereocenters. The quantitative estimate of drug-likeness (QED) is 0.568. The number of esters is 1. The number of hydrogen-bond acceptors (Lipinski definition) is 8. The second-order valence-electron chi connectivity index (χ2n) is 6.52. The van der Waals surface area contributed by atoms with Gasteiger partial charge in [0.1, 0.15) is 23.7 Å². The van der Waals surface area contributed by atoms with Gasteiger partial charge in [-0.2, -0.15) is 5.10 Å². The van der Waals surface area contributed by atoms with Gasteiger partial charge in [0.25, 0.3) is 5.91 Å². The van der Waals surface area contributed by atoms with Crippen molar-refractivity contribution in [1.29, 1.82) is 0 Å². The summed E-state index contributed by atoms with van der Waals surface area (Å²) < 4.78 is 10.6. The molecule has 0 spiro atoms. The lowest BCUT2D eigenvalue weighted by atomic mass is 10.1. The van der Waals surface area contributed by atoms with Gasteiger partial charge in [-0.1, -0.05) is 0 Å². The van der Waals surface area contributed by atoms with E-state index in [-0.39, 0.29) is 29.7 Å². The third-order valence-electron chi connectivity index (χ3n) is 4.63. The molecule has 0 saturated heterocycles. The number of H-pyrrole nitrogens is 1. The zero-order chi connectivity index (χ0) is 20.5. The van der Waals surface area contributed by atoms with Gasteiger partial charge in [0.05, 0.1) is 24.2 Å². The summed E-state index contributed by atoms with van der Waals surface area (Å²) in [6.07, 6.45) is 0. The number of pyridine rings is 1. The van der Waals surface area contributed by atoms with Gasteiger partial charge in [-0.15, -0.1) is 0 Å². The normalized spacial score (nSPS) is 13.0. The number of nitrogens with two attached hydrogens (primary N) is 1. The monoisotopic (exact) mass is 396 g/mol. The molecule has 1 aromatic carbocycles. The maximum atomic E-state index is 12.7. The highest BCUT2D eigenvalue weighted by atomic mass is 16.5. The minimum absolute atomic E-state index is 0.0217. The second kappa shape index (κ2) is 7.30. The Morgan fingerprint density at radius 2 is 2.21 bits per heavy atom. The number of aromatic amines is 1. The first-order chi connectivity index (χ1) is 14.0. The maximum Gasteiger partial charge on any atom is 0.341 e. The summed E-state index contributed by atoms with van der Waals surface area (Å²) in [6, 6.07) is 6.75. The molecule has 1 aliphatic heterocycles. The molecule has 150 valence electrons. The SMILES string of the molecule is CCOC(=O)c1cc2c(NC(=O)c3ccc4c(c3)OCCN4C)n[nH]c2nc1N. The first kappa shape index (κ1) is 18.5. The summed E-state index contributed by atoms with van der Waals surface area (Å²) in [7, 11) is 1.97. The number of ether oxygens (including phenoxy) is 2. The molecule has 0 aliphatic carbocycles. The highest BCUT2D eigenvalue weighted by Crippen LogP contribution is 2.32. The molecule has 0 fully saturated rings. The number of nitrogens with zero attached hydrogens (tertiary/aromatic N) is 3. The Morgan fingerprint density at radius 3 is 3.00 bits per heavy atom. The zero-order valence-corrected chi connectivity index (χ0v) is 16.0. The topological polar surface area (TPSA) is 135 Å². The van der Waals surface area contributed by atoms with Gasteiger partial charge < -0.3 is 25.4 Å². The van der Waals surface area contributed by atoms with Crippen molar-refractivity contribution in [3.63, 3.8) is 0 Å². The number of carbonyl (C=O) groups is 2. The molecule has 29 heavy (non-hydrogen) atoms. The largest absolute Gasteiger partial charge is 0.490 e. The van der Waals surface area contributed by atoms with Crippen molar-refractivity contribution in [2.75, 3.05) is 42.8 Å². The predicted molar refractivity (Wildman–Crippen MR) is 107 cm³/mol. The van der Waals surface area contributed by atoms with E-state index in [9.17, 15) is 9.59 Å². The molecule has 10 nitrogen and oxygen atoms in total. The number of aromatic nitrogens is 3. The fraction of sp³-hybridized carbons (Fsp3) is 0.263. The number of likely N-dealkylation sites (N-methyl/N-ethyl adjacent to an activating group) is 1. The Balaban J connectivity index is 1.63. The number of fused-ring (bicyclic) bond motifs is 2. The summed E-state index contributed by atoms with van der Waals surface area (Å²) in [5.74, 6) is -0.0501. The van der Waals surface area contributed by atoms with Crippen molar-refractivity contribution >= 4 is 40.2 Å². The summed E-state index contributed by atoms with van der Waals surface area (Å²) >= 11 is 0. The number of nitrogen functional groups attached to an aromatic ring is 1. The average molecular weight is 396 g/mol. The molecule has 4 N–H and O–H groups in total. The zero-order valence-electron chi connectivity index (χ0n) is 16.0. The maximum absolute atomic E-state index is 12.7. The van der Waals surface area contributed by atoms with Gasteiger partial charge in [0.2, 0.25) is 0 Å². The van der Waals surface area contributed by atoms with Crippen molar-refractivity contribution in [2.24, 2.45) is 0 Å². The van der Waals surface area contributed by atoms with Crippen molar-refractivity contribution in [3.8, 4) is 5.75 Å². The Morgan fingerprint density at radius 1 is 1.38 bits per heavy atom. The van der Waals surface area contributed by atoms with Crippen LogP contribution in [0, 0.1) is 0 Å². The molecule has 0 bridgehead atoms. The molecule has 1 amide bonds. The average Bonchev–Trinajstić information content (AvgIpc) is 3.08. The van der Waals surface area contributed by atoms with E-state index in [0.717, 1.165) is 12.2 Å². The van der Waals surface area contributed by atoms with Crippen LogP contribution in [0.5, 0.6) is 5.75 Å². The number of carbonyl (C=O) groups excluding carboxylic acids is 2. The molecular formula is C19H20N6O4. The summed E-state index contributed by atoms with van der Waals surface area (Å²) in [6.45, 7) is 3.25. The highest BCUT2D eigenvalue weighted by Gasteiger charge is 2.20. The minimum Gasteiger partial charge on any atom is -0.490 e. The molecule has 2 aromatic heterocycles. The molecule has 0 radical (unpaired) electrons. The Bertz CT molecular complexity index is 1110. The van der Waals surface area contributed by atoms with Crippen LogP contribution >= 0.6 is 0 Å². The van der Waals surface area contributed by atoms with Crippen LogP contribution in [0.4, 0.5) is 17.3 Å². The smallest absolute Gasteiger partial charge is 0.341 e. The fourth-order valence-corrected chi connectivity index (χ4v) is 3.11. The summed E-state index contributed by atoms with van der Waals surface area (Å²) in [4.78, 5) is 31.0. The van der Waals surface area contributed by atoms with E-state index in [4.69, 9.17) is 15.2 Å². The standard InChI is InChI=1S/C19H20N6O4/c1-3-28-19(27)11-9-12-16(21-15(11)20)23-24-17(12)22-18(26)10-4-5-13-14(8-10)29-7-6-25(13)2/h4-5,8-9H,3,6-7H2,1-2H3,(H4,20,21,22,23,24,26). The van der Waals surface area contributed by atoms with Gasteiger partial charge in [0, 0.05) is 12.6 Å². The van der Waals surface area contributed by atoms with Crippen LogP contribution in [0.15, 0.2) is 24.3 Å². The fourth-order valence-electron chi connectivity index (χ4n) is 3.11. The lowest BCUT2D eigenvalue weighted by Gasteiger charge is -2.27. The highest BCUT2D eigenvalue weighted by molar-refractivity contribution is 6.09. The molecule has 10 heteroatoms. The first-order valence-corrected chi connectivity index (χ1v) is 9.09. The lowest BCUT2D eigenvalue weighted by molar-refractivity contribution is 0.0527. The van der Waals surface area contributed by atoms with E-state index in [1.165, 1.54) is 6.07 Å². The minimum atomic E-state index is -0.589. The number of benzene rings is 1. The molecule has 4 rings (SSSR count). The molecule has 3 aromatic rings. The lowest BCUT2D eigenvalue weighted by Crippen LogP contribution is -2.29. The van der Waals surface area contributed by atoms with Crippen LogP contribution in [-0.4, -0.2) is 53.9 Å². The van der Waals surface area contributed by atoms with Crippen molar-refractivity contribution in [3.05, 3.63) is 35.4 Å². The third-order valence-corrected chi connectivity index (χ3v) is 4.63. The van der Waals surface area contributed by atoms with E-state index in [2.05, 4.69) is 25.4 Å². The third kappa shape index (κ3) is 3.40. The molecular weight excluding hydrogens is 376 g/mol. The van der Waals surface area contributed by atoms with Crippen LogP contribution in [0.2, 0.25) is 0 Å². The van der Waals surface area contributed by atoms with Crippen molar-refractivity contribution in [2.45, 2.75) is 6.92 Å². The molecule has 0 saturated carbocycles. The number of anilines is 3. The van der Waals surface area contributed by atoms with Crippen LogP contribution in [-0.2, 0) is 4.74 Å². The van der Waals surface area contributed by atoms with Gasteiger partial charge in [0.15, 0.2) is 11.5 Å². The Hall–Kier alpha value is -3.82. The van der Waals surface area contributed by atoms with Crippen molar-refractivity contribution < 1.29 is 19.1 Å². The van der Waals surface area contributed by atoms with Gasteiger partial charge in [-0.3, -0.25) is 9.89 Å². The summed E-state index contributed by atoms with van der Waals surface area (Å²) in [5, 5.41) is 9.96. The van der Waals surface area contributed by atoms with E-state index in [1.807, 2.05) is 13.1 Å². The Kier molecular flexibility index (Phi) is 4.67. The molecule has 3 heterocycles. The number of rotatable bonds is 4. The number of amides is 1. The predicted octanol–water partition coefficient (Wildman–Crippen LogP) is 1.80. The summed E-state index contributed by atoms with van der Waals surface area (Å²) in [5.41, 5.74) is 7.64. The van der Waals surface area contributed by atoms with Crippen molar-refractivity contribution in [1.82, 2.24) is 15.2 Å². The van der Waals surface area contributed by atoms with E-state index >= 15 is 0 Å². The first-order valence-electron chi connectivity index (χ1n) is 9.09. The number of nitrogens with one attached hydrogen (secondary N) is 2. The van der Waals surface area contributed by atoms with Crippen LogP contribution in [0.3, 0.4) is 0 Å². The Labute approximate surface area is 166 Å². The van der Waals surface area contributed by atoms with Gasteiger partial charge in [-0.25, -0.2) is 9.78 Å². The number of hydrogen-bond donors (Lipinski definition) is 3. The van der Waals surface area contributed by atoms with E-state index < -0.39 is 5.97 Å². The van der Waals surface area contributed by atoms with E-state index in [0.29, 0.717) is 29.0 Å². The molecule has 0 unspecified atom stereocenters. The van der Waals surface area contributed by atoms with Crippen LogP contribution in [0.25, 0.3) is 11.0 Å². The molecule has 1 aliphatic rings. The van der Waals surface area contributed by atoms with Gasteiger partial charge >= 0.3 is 5.97 Å². The van der Waals surface area contributed by atoms with Crippen LogP contribution in [0.1, 0.15) is 27.6 Å². The van der Waals surface area contributed by atoms with Crippen LogP contribution < -0.4 is 20.7 Å². The van der Waals surface area contributed by atoms with E-state index in [1.54, 1.807) is 19.1 Å². The second-order valence-corrected chi connectivity index (χ2v) is 6.52. The van der Waals surface area contributed by atoms with Gasteiger partial charge in [-0.05, 0) is 31.2 Å².